The van der Waals surface area contributed by atoms with Gasteiger partial charge in [-0.2, -0.15) is 5.10 Å². The van der Waals surface area contributed by atoms with Gasteiger partial charge in [0.25, 0.3) is 0 Å². The van der Waals surface area contributed by atoms with E-state index in [-0.39, 0.29) is 12.0 Å². The highest BCUT2D eigenvalue weighted by Gasteiger charge is 2.47. The number of hydrogen-bond donors (Lipinski definition) is 0. The molecule has 1 fully saturated rings. The minimum atomic E-state index is -0.558. The Morgan fingerprint density at radius 1 is 1.03 bits per heavy atom. The third kappa shape index (κ3) is 3.68. The molecule has 1 spiro atoms. The molecule has 3 aromatic rings. The maximum Gasteiger partial charge on any atom is 0.332 e. The summed E-state index contributed by atoms with van der Waals surface area (Å²) in [4.78, 5) is 32.3. The first-order valence-electron chi connectivity index (χ1n) is 10.9. The Morgan fingerprint density at radius 2 is 1.77 bits per heavy atom. The maximum absolute atomic E-state index is 12.8. The number of likely N-dealkylation sites (tertiary alicyclic amines) is 1. The fourth-order valence-corrected chi connectivity index (χ4v) is 5.54. The van der Waals surface area contributed by atoms with E-state index in [0.717, 1.165) is 55.4 Å². The fourth-order valence-electron chi connectivity index (χ4n) is 4.93. The lowest BCUT2D eigenvalue weighted by Gasteiger charge is -2.24. The van der Waals surface area contributed by atoms with Crippen LogP contribution in [0.5, 0.6) is 0 Å². The quantitative estimate of drug-likeness (QED) is 0.573. The maximum atomic E-state index is 12.8. The van der Waals surface area contributed by atoms with E-state index in [1.807, 2.05) is 12.3 Å². The van der Waals surface area contributed by atoms with Crippen molar-refractivity contribution in [3.05, 3.63) is 78.0 Å². The van der Waals surface area contributed by atoms with Crippen molar-refractivity contribution < 1.29 is 0 Å². The van der Waals surface area contributed by atoms with Gasteiger partial charge in [-0.15, -0.1) is 11.3 Å². The summed E-state index contributed by atoms with van der Waals surface area (Å²) in [6.07, 6.45) is 2.87. The Balaban J connectivity index is 1.41. The SMILES string of the molecule is CCc1ccc(CN2CC[C@]3(CCn4c3nn(Cc3csc(C)n3)c(=O)c4=O)C2)cc1. The van der Waals surface area contributed by atoms with Crippen LogP contribution in [-0.4, -0.2) is 37.3 Å². The molecular formula is C23H27N5O2S. The van der Waals surface area contributed by atoms with Gasteiger partial charge in [-0.25, -0.2) is 9.67 Å². The van der Waals surface area contributed by atoms with E-state index < -0.39 is 11.1 Å². The van der Waals surface area contributed by atoms with Crippen LogP contribution in [0.2, 0.25) is 0 Å². The molecule has 0 aliphatic carbocycles. The molecule has 0 bridgehead atoms. The van der Waals surface area contributed by atoms with Gasteiger partial charge in [-0.1, -0.05) is 31.2 Å². The Morgan fingerprint density at radius 3 is 2.48 bits per heavy atom. The zero-order chi connectivity index (χ0) is 21.6. The van der Waals surface area contributed by atoms with Crippen LogP contribution in [0.3, 0.4) is 0 Å². The Labute approximate surface area is 185 Å². The van der Waals surface area contributed by atoms with Crippen LogP contribution in [0, 0.1) is 6.92 Å². The monoisotopic (exact) mass is 437 g/mol. The van der Waals surface area contributed by atoms with Crippen molar-refractivity contribution in [2.45, 2.75) is 58.2 Å². The Bertz CT molecular complexity index is 1230. The number of rotatable bonds is 5. The van der Waals surface area contributed by atoms with Crippen molar-refractivity contribution in [3.63, 3.8) is 0 Å². The molecule has 1 atom stereocenters. The molecule has 7 nitrogen and oxygen atoms in total. The molecule has 2 aliphatic heterocycles. The molecule has 0 unspecified atom stereocenters. The van der Waals surface area contributed by atoms with Gasteiger partial charge in [0.15, 0.2) is 0 Å². The van der Waals surface area contributed by atoms with Gasteiger partial charge < -0.3 is 0 Å². The van der Waals surface area contributed by atoms with E-state index in [9.17, 15) is 9.59 Å². The van der Waals surface area contributed by atoms with Crippen LogP contribution in [0.25, 0.3) is 0 Å². The second-order valence-corrected chi connectivity index (χ2v) is 9.82. The summed E-state index contributed by atoms with van der Waals surface area (Å²) < 4.78 is 2.94. The zero-order valence-corrected chi connectivity index (χ0v) is 18.8. The van der Waals surface area contributed by atoms with Crippen LogP contribution in [0.4, 0.5) is 0 Å². The van der Waals surface area contributed by atoms with Gasteiger partial charge in [-0.3, -0.25) is 19.1 Å². The summed E-state index contributed by atoms with van der Waals surface area (Å²) in [6, 6.07) is 8.82. The van der Waals surface area contributed by atoms with Crippen molar-refractivity contribution in [1.29, 1.82) is 0 Å². The van der Waals surface area contributed by atoms with E-state index in [0.29, 0.717) is 6.54 Å². The van der Waals surface area contributed by atoms with Crippen LogP contribution < -0.4 is 11.1 Å². The number of aryl methyl sites for hydroxylation is 2. The van der Waals surface area contributed by atoms with Crippen molar-refractivity contribution in [2.24, 2.45) is 0 Å². The molecule has 0 N–H and O–H groups in total. The fraction of sp³-hybridized carbons (Fsp3) is 0.478. The highest BCUT2D eigenvalue weighted by Crippen LogP contribution is 2.40. The summed E-state index contributed by atoms with van der Waals surface area (Å²) >= 11 is 1.54. The molecule has 2 aromatic heterocycles. The van der Waals surface area contributed by atoms with E-state index >= 15 is 0 Å². The van der Waals surface area contributed by atoms with E-state index in [1.54, 1.807) is 4.57 Å². The lowest BCUT2D eigenvalue weighted by atomic mass is 9.85. The average Bonchev–Trinajstić information content (AvgIpc) is 3.47. The number of hydrogen-bond acceptors (Lipinski definition) is 6. The summed E-state index contributed by atoms with van der Waals surface area (Å²) in [5.41, 5.74) is 2.26. The van der Waals surface area contributed by atoms with Gasteiger partial charge in [0, 0.05) is 30.4 Å². The molecule has 1 saturated heterocycles. The predicted octanol–water partition coefficient (Wildman–Crippen LogP) is 2.33. The number of benzene rings is 1. The van der Waals surface area contributed by atoms with Crippen LogP contribution in [-0.2, 0) is 31.5 Å². The molecule has 0 radical (unpaired) electrons. The first-order chi connectivity index (χ1) is 15.0. The molecule has 1 aromatic carbocycles. The standard InChI is InChI=1S/C23H27N5O2S/c1-3-17-4-6-18(7-5-17)12-26-10-8-23(15-26)9-11-27-20(29)21(30)28(25-22(23)27)13-19-14-31-16(2)24-19/h4-7,14H,3,8-13,15H2,1-2H3/t23-/m0/s1. The van der Waals surface area contributed by atoms with Crippen molar-refractivity contribution >= 4 is 11.3 Å². The number of fused-ring (bicyclic) bond motifs is 2. The third-order valence-electron chi connectivity index (χ3n) is 6.67. The predicted molar refractivity (Wildman–Crippen MR) is 121 cm³/mol. The second kappa shape index (κ2) is 7.84. The molecule has 2 aliphatic rings. The topological polar surface area (TPSA) is 73.0 Å². The summed E-state index contributed by atoms with van der Waals surface area (Å²) in [7, 11) is 0. The molecule has 31 heavy (non-hydrogen) atoms. The van der Waals surface area contributed by atoms with Crippen LogP contribution >= 0.6 is 11.3 Å². The van der Waals surface area contributed by atoms with Crippen molar-refractivity contribution in [2.75, 3.05) is 13.1 Å². The first kappa shape index (κ1) is 20.3. The summed E-state index contributed by atoms with van der Waals surface area (Å²) in [5.74, 6) is 0.771. The molecule has 8 heteroatoms. The summed E-state index contributed by atoms with van der Waals surface area (Å²) in [5, 5.41) is 7.59. The molecule has 5 rings (SSSR count). The number of aromatic nitrogens is 4. The smallest absolute Gasteiger partial charge is 0.298 e. The van der Waals surface area contributed by atoms with Gasteiger partial charge in [-0.05, 0) is 43.9 Å². The zero-order valence-electron chi connectivity index (χ0n) is 18.0. The number of nitrogens with zero attached hydrogens (tertiary/aromatic N) is 5. The lowest BCUT2D eigenvalue weighted by Crippen LogP contribution is -2.45. The molecule has 4 heterocycles. The van der Waals surface area contributed by atoms with E-state index in [2.05, 4.69) is 41.1 Å². The van der Waals surface area contributed by atoms with Crippen molar-refractivity contribution in [3.8, 4) is 0 Å². The van der Waals surface area contributed by atoms with Crippen molar-refractivity contribution in [1.82, 2.24) is 24.2 Å². The highest BCUT2D eigenvalue weighted by atomic mass is 32.1. The summed E-state index contributed by atoms with van der Waals surface area (Å²) in [6.45, 7) is 7.65. The highest BCUT2D eigenvalue weighted by molar-refractivity contribution is 7.09. The largest absolute Gasteiger partial charge is 0.332 e. The van der Waals surface area contributed by atoms with Gasteiger partial charge in [0.2, 0.25) is 0 Å². The second-order valence-electron chi connectivity index (χ2n) is 8.76. The van der Waals surface area contributed by atoms with E-state index in [1.165, 1.54) is 27.1 Å². The van der Waals surface area contributed by atoms with E-state index in [4.69, 9.17) is 5.10 Å². The molecule has 0 amide bonds. The minimum Gasteiger partial charge on any atom is -0.298 e. The molecular weight excluding hydrogens is 410 g/mol. The van der Waals surface area contributed by atoms with Gasteiger partial charge in [0.05, 0.1) is 17.2 Å². The van der Waals surface area contributed by atoms with Crippen LogP contribution in [0.15, 0.2) is 39.2 Å². The Kier molecular flexibility index (Phi) is 5.14. The molecule has 0 saturated carbocycles. The third-order valence-corrected chi connectivity index (χ3v) is 7.49. The minimum absolute atomic E-state index is 0.157. The van der Waals surface area contributed by atoms with Crippen LogP contribution in [0.1, 0.15) is 47.4 Å². The lowest BCUT2D eigenvalue weighted by molar-refractivity contribution is 0.298. The number of thiazole rings is 1. The average molecular weight is 438 g/mol. The van der Waals surface area contributed by atoms with Gasteiger partial charge in [0.1, 0.15) is 5.82 Å². The first-order valence-corrected chi connectivity index (χ1v) is 11.8. The van der Waals surface area contributed by atoms with Gasteiger partial charge >= 0.3 is 11.1 Å². The normalized spacial score (nSPS) is 20.6. The Hall–Kier alpha value is -2.58. The molecule has 162 valence electrons.